The van der Waals surface area contributed by atoms with Gasteiger partial charge in [-0.2, -0.15) is 0 Å². The van der Waals surface area contributed by atoms with Gasteiger partial charge in [0, 0.05) is 6.42 Å². The summed E-state index contributed by atoms with van der Waals surface area (Å²) in [5.41, 5.74) is 5.86. The van der Waals surface area contributed by atoms with Crippen LogP contribution in [0.15, 0.2) is 30.3 Å². The lowest BCUT2D eigenvalue weighted by atomic mass is 10.0. The number of nitrogens with two attached hydrogens (primary N) is 1. The van der Waals surface area contributed by atoms with E-state index in [1.54, 1.807) is 20.8 Å². The number of Topliss-reactive ketones (excluding diaryl/α,β-unsaturated/α-hetero) is 1. The number of ether oxygens (including phenoxy) is 1. The van der Waals surface area contributed by atoms with Gasteiger partial charge in [0.25, 0.3) is 0 Å². The molecule has 0 saturated carbocycles. The summed E-state index contributed by atoms with van der Waals surface area (Å²) < 4.78 is 5.06. The molecule has 0 aliphatic carbocycles. The van der Waals surface area contributed by atoms with Crippen molar-refractivity contribution < 1.29 is 14.3 Å². The number of benzene rings is 1. The summed E-state index contributed by atoms with van der Waals surface area (Å²) >= 11 is 5.86. The SMILES string of the molecule is CC(C)(C)OC(=O)C(N)(Cl)C(=O)CCc1ccccc1. The molecule has 1 rings (SSSR count). The molecule has 2 N–H and O–H groups in total. The fourth-order valence-corrected chi connectivity index (χ4v) is 1.68. The lowest BCUT2D eigenvalue weighted by Crippen LogP contribution is -2.52. The molecule has 0 amide bonds. The van der Waals surface area contributed by atoms with Gasteiger partial charge in [-0.1, -0.05) is 41.9 Å². The lowest BCUT2D eigenvalue weighted by Gasteiger charge is -2.25. The molecular weight excluding hydrogens is 278 g/mol. The summed E-state index contributed by atoms with van der Waals surface area (Å²) in [6, 6.07) is 9.44. The molecule has 0 radical (unpaired) electrons. The first-order chi connectivity index (χ1) is 9.13. The summed E-state index contributed by atoms with van der Waals surface area (Å²) in [6.07, 6.45) is 0.567. The van der Waals surface area contributed by atoms with Gasteiger partial charge in [-0.15, -0.1) is 0 Å². The summed E-state index contributed by atoms with van der Waals surface area (Å²) in [6.45, 7) is 5.06. The molecule has 4 nitrogen and oxygen atoms in total. The highest BCUT2D eigenvalue weighted by Gasteiger charge is 2.42. The number of aryl methyl sites for hydroxylation is 1. The van der Waals surface area contributed by atoms with Crippen molar-refractivity contribution in [3.8, 4) is 0 Å². The molecule has 0 bridgehead atoms. The second kappa shape index (κ2) is 6.37. The van der Waals surface area contributed by atoms with Crippen LogP contribution in [0.3, 0.4) is 0 Å². The van der Waals surface area contributed by atoms with Crippen LogP contribution >= 0.6 is 11.6 Å². The number of hydrogen-bond donors (Lipinski definition) is 1. The third kappa shape index (κ3) is 4.94. The van der Waals surface area contributed by atoms with Crippen LogP contribution < -0.4 is 5.73 Å². The van der Waals surface area contributed by atoms with E-state index in [4.69, 9.17) is 22.1 Å². The van der Waals surface area contributed by atoms with Crippen molar-refractivity contribution in [2.75, 3.05) is 0 Å². The van der Waals surface area contributed by atoms with E-state index < -0.39 is 22.4 Å². The number of alkyl halides is 1. The maximum Gasteiger partial charge on any atom is 0.350 e. The van der Waals surface area contributed by atoms with Gasteiger partial charge in [-0.3, -0.25) is 10.5 Å². The van der Waals surface area contributed by atoms with Crippen molar-refractivity contribution in [2.24, 2.45) is 5.73 Å². The molecule has 0 spiro atoms. The number of esters is 1. The van der Waals surface area contributed by atoms with Crippen LogP contribution in [0.1, 0.15) is 32.8 Å². The molecule has 110 valence electrons. The summed E-state index contributed by atoms with van der Waals surface area (Å²) in [5, 5.41) is 0. The van der Waals surface area contributed by atoms with Crippen molar-refractivity contribution in [1.29, 1.82) is 0 Å². The minimum atomic E-state index is -2.12. The molecule has 0 heterocycles. The van der Waals surface area contributed by atoms with Crippen molar-refractivity contribution in [2.45, 2.75) is 44.2 Å². The molecule has 0 fully saturated rings. The fraction of sp³-hybridized carbons (Fsp3) is 0.467. The predicted molar refractivity (Wildman–Crippen MR) is 78.4 cm³/mol. The lowest BCUT2D eigenvalue weighted by molar-refractivity contribution is -0.160. The average molecular weight is 298 g/mol. The smallest absolute Gasteiger partial charge is 0.350 e. The molecule has 1 unspecified atom stereocenters. The molecule has 0 saturated heterocycles. The molecule has 1 aromatic rings. The monoisotopic (exact) mass is 297 g/mol. The second-order valence-corrected chi connectivity index (χ2v) is 6.22. The Morgan fingerprint density at radius 3 is 2.25 bits per heavy atom. The van der Waals surface area contributed by atoms with E-state index in [1.807, 2.05) is 30.3 Å². The van der Waals surface area contributed by atoms with Crippen LogP contribution in [0.4, 0.5) is 0 Å². The third-order valence-corrected chi connectivity index (χ3v) is 2.95. The summed E-state index contributed by atoms with van der Waals surface area (Å²) in [5.74, 6) is -1.46. The van der Waals surface area contributed by atoms with E-state index in [1.165, 1.54) is 0 Å². The molecule has 1 atom stereocenters. The number of hydrogen-bond acceptors (Lipinski definition) is 4. The zero-order valence-electron chi connectivity index (χ0n) is 12.0. The number of ketones is 1. The molecule has 0 aliphatic rings. The van der Waals surface area contributed by atoms with Crippen LogP contribution in [-0.2, 0) is 20.7 Å². The van der Waals surface area contributed by atoms with E-state index >= 15 is 0 Å². The minimum Gasteiger partial charge on any atom is -0.457 e. The first-order valence-corrected chi connectivity index (χ1v) is 6.79. The van der Waals surface area contributed by atoms with Crippen LogP contribution in [0, 0.1) is 0 Å². The highest BCUT2D eigenvalue weighted by Crippen LogP contribution is 2.19. The van der Waals surface area contributed by atoms with Gasteiger partial charge in [0.1, 0.15) is 5.60 Å². The molecule has 0 aromatic heterocycles. The van der Waals surface area contributed by atoms with Crippen molar-refractivity contribution in [3.63, 3.8) is 0 Å². The Kier molecular flexibility index (Phi) is 5.31. The Hall–Kier alpha value is -1.39. The largest absolute Gasteiger partial charge is 0.457 e. The van der Waals surface area contributed by atoms with Crippen molar-refractivity contribution in [3.05, 3.63) is 35.9 Å². The number of carbonyl (C=O) groups excluding carboxylic acids is 2. The molecular formula is C15H20ClNO3. The molecule has 1 aromatic carbocycles. The van der Waals surface area contributed by atoms with Gasteiger partial charge in [-0.05, 0) is 32.8 Å². The van der Waals surface area contributed by atoms with Gasteiger partial charge in [-0.25, -0.2) is 4.79 Å². The van der Waals surface area contributed by atoms with E-state index in [2.05, 4.69) is 0 Å². The third-order valence-electron chi connectivity index (χ3n) is 2.59. The molecule has 20 heavy (non-hydrogen) atoms. The quantitative estimate of drug-likeness (QED) is 0.392. The van der Waals surface area contributed by atoms with Crippen LogP contribution in [0.2, 0.25) is 0 Å². The molecule has 0 aliphatic heterocycles. The van der Waals surface area contributed by atoms with Crippen molar-refractivity contribution in [1.82, 2.24) is 0 Å². The second-order valence-electron chi connectivity index (χ2n) is 5.62. The van der Waals surface area contributed by atoms with Gasteiger partial charge in [0.2, 0.25) is 5.00 Å². The van der Waals surface area contributed by atoms with Gasteiger partial charge < -0.3 is 4.74 Å². The highest BCUT2D eigenvalue weighted by molar-refractivity contribution is 6.45. The predicted octanol–water partition coefficient (Wildman–Crippen LogP) is 2.42. The fourth-order valence-electron chi connectivity index (χ4n) is 1.55. The summed E-state index contributed by atoms with van der Waals surface area (Å²) in [7, 11) is 0. The Balaban J connectivity index is 2.63. The van der Waals surface area contributed by atoms with Crippen LogP contribution in [-0.4, -0.2) is 22.4 Å². The van der Waals surface area contributed by atoms with Crippen LogP contribution in [0.5, 0.6) is 0 Å². The Morgan fingerprint density at radius 2 is 1.75 bits per heavy atom. The average Bonchev–Trinajstić information content (AvgIpc) is 2.35. The van der Waals surface area contributed by atoms with E-state index in [-0.39, 0.29) is 6.42 Å². The van der Waals surface area contributed by atoms with Crippen molar-refractivity contribution >= 4 is 23.4 Å². The number of rotatable bonds is 5. The zero-order valence-corrected chi connectivity index (χ0v) is 12.7. The molecule has 5 heteroatoms. The van der Waals surface area contributed by atoms with E-state index in [9.17, 15) is 9.59 Å². The Labute approximate surface area is 124 Å². The Bertz CT molecular complexity index is 478. The normalized spacial score (nSPS) is 14.4. The standard InChI is InChI=1S/C15H20ClNO3/c1-14(2,3)20-13(19)15(16,17)12(18)10-9-11-7-5-4-6-8-11/h4-8H,9-10,17H2,1-3H3. The minimum absolute atomic E-state index is 0.0866. The van der Waals surface area contributed by atoms with Crippen LogP contribution in [0.25, 0.3) is 0 Å². The zero-order chi connectivity index (χ0) is 15.4. The first-order valence-electron chi connectivity index (χ1n) is 6.41. The van der Waals surface area contributed by atoms with Gasteiger partial charge >= 0.3 is 5.97 Å². The highest BCUT2D eigenvalue weighted by atomic mass is 35.5. The first kappa shape index (κ1) is 16.7. The maximum absolute atomic E-state index is 12.0. The van der Waals surface area contributed by atoms with Gasteiger partial charge in [0.15, 0.2) is 5.78 Å². The van der Waals surface area contributed by atoms with Gasteiger partial charge in [0.05, 0.1) is 0 Å². The van der Waals surface area contributed by atoms with E-state index in [0.29, 0.717) is 6.42 Å². The topological polar surface area (TPSA) is 69.4 Å². The number of carbonyl (C=O) groups is 2. The Morgan fingerprint density at radius 1 is 1.20 bits per heavy atom. The maximum atomic E-state index is 12.0. The summed E-state index contributed by atoms with van der Waals surface area (Å²) in [4.78, 5) is 21.7. The number of halogens is 1. The van der Waals surface area contributed by atoms with E-state index in [0.717, 1.165) is 5.56 Å².